The SMILES string of the molecule is C=Nc1c(NCCc2ccc(O)cc2)nc(-c2csc3ccccc23)nc1N(C)C(C)C. The second kappa shape index (κ2) is 9.36. The highest BCUT2D eigenvalue weighted by Gasteiger charge is 2.20. The van der Waals surface area contributed by atoms with Gasteiger partial charge >= 0.3 is 0 Å². The summed E-state index contributed by atoms with van der Waals surface area (Å²) < 4.78 is 1.21. The van der Waals surface area contributed by atoms with E-state index in [1.54, 1.807) is 23.5 Å². The number of fused-ring (bicyclic) bond motifs is 1. The van der Waals surface area contributed by atoms with Gasteiger partial charge in [0.15, 0.2) is 17.5 Å². The molecule has 4 rings (SSSR count). The van der Waals surface area contributed by atoms with E-state index < -0.39 is 0 Å². The molecule has 0 spiro atoms. The van der Waals surface area contributed by atoms with Crippen LogP contribution in [0.15, 0.2) is 58.9 Å². The number of benzene rings is 2. The number of hydrogen-bond acceptors (Lipinski definition) is 7. The zero-order valence-electron chi connectivity index (χ0n) is 18.5. The van der Waals surface area contributed by atoms with Crippen molar-refractivity contribution < 1.29 is 5.11 Å². The summed E-state index contributed by atoms with van der Waals surface area (Å²) in [6.07, 6.45) is 0.785. The first-order valence-corrected chi connectivity index (χ1v) is 11.5. The molecule has 164 valence electrons. The molecule has 32 heavy (non-hydrogen) atoms. The molecule has 4 aromatic rings. The van der Waals surface area contributed by atoms with Crippen LogP contribution < -0.4 is 10.2 Å². The molecule has 2 heterocycles. The van der Waals surface area contributed by atoms with E-state index >= 15 is 0 Å². The normalized spacial score (nSPS) is 11.1. The molecular formula is C25H27N5OS. The third-order valence-corrected chi connectivity index (χ3v) is 6.46. The van der Waals surface area contributed by atoms with Gasteiger partial charge < -0.3 is 15.3 Å². The van der Waals surface area contributed by atoms with Gasteiger partial charge in [-0.2, -0.15) is 0 Å². The summed E-state index contributed by atoms with van der Waals surface area (Å²) in [5.41, 5.74) is 2.79. The number of aliphatic imine (C=N–C) groups is 1. The fourth-order valence-corrected chi connectivity index (χ4v) is 4.40. The summed E-state index contributed by atoms with van der Waals surface area (Å²) >= 11 is 1.69. The maximum atomic E-state index is 9.50. The lowest BCUT2D eigenvalue weighted by molar-refractivity contribution is 0.475. The number of anilines is 2. The Labute approximate surface area is 192 Å². The van der Waals surface area contributed by atoms with Gasteiger partial charge in [-0.15, -0.1) is 11.3 Å². The van der Waals surface area contributed by atoms with E-state index in [2.05, 4.69) is 53.3 Å². The van der Waals surface area contributed by atoms with Crippen LogP contribution in [0.2, 0.25) is 0 Å². The van der Waals surface area contributed by atoms with E-state index in [1.807, 2.05) is 31.3 Å². The Kier molecular flexibility index (Phi) is 6.37. The summed E-state index contributed by atoms with van der Waals surface area (Å²) in [5.74, 6) is 2.36. The molecule has 0 amide bonds. The fourth-order valence-electron chi connectivity index (χ4n) is 3.46. The van der Waals surface area contributed by atoms with Gasteiger partial charge in [0.25, 0.3) is 0 Å². The van der Waals surface area contributed by atoms with Crippen molar-refractivity contribution in [2.24, 2.45) is 4.99 Å². The van der Waals surface area contributed by atoms with Crippen LogP contribution in [-0.4, -0.2) is 41.4 Å². The van der Waals surface area contributed by atoms with Gasteiger partial charge in [0.05, 0.1) is 0 Å². The molecule has 2 N–H and O–H groups in total. The average Bonchev–Trinajstić information content (AvgIpc) is 3.23. The predicted octanol–water partition coefficient (Wildman–Crippen LogP) is 5.90. The Bertz CT molecular complexity index is 1230. The first-order valence-electron chi connectivity index (χ1n) is 10.6. The number of hydrogen-bond donors (Lipinski definition) is 2. The highest BCUT2D eigenvalue weighted by molar-refractivity contribution is 7.17. The number of phenols is 1. The maximum absolute atomic E-state index is 9.50. The topological polar surface area (TPSA) is 73.6 Å². The third kappa shape index (κ3) is 4.43. The minimum absolute atomic E-state index is 0.238. The van der Waals surface area contributed by atoms with E-state index in [9.17, 15) is 5.11 Å². The summed E-state index contributed by atoms with van der Waals surface area (Å²) in [7, 11) is 2.01. The lowest BCUT2D eigenvalue weighted by Gasteiger charge is -2.25. The van der Waals surface area contributed by atoms with Crippen molar-refractivity contribution in [2.75, 3.05) is 23.8 Å². The molecule has 0 aliphatic rings. The van der Waals surface area contributed by atoms with Crippen molar-refractivity contribution in [3.05, 3.63) is 59.5 Å². The number of nitrogens with zero attached hydrogens (tertiary/aromatic N) is 4. The number of aromatic hydroxyl groups is 1. The Morgan fingerprint density at radius 3 is 2.59 bits per heavy atom. The third-order valence-electron chi connectivity index (χ3n) is 5.50. The van der Waals surface area contributed by atoms with Crippen molar-refractivity contribution in [1.82, 2.24) is 9.97 Å². The molecule has 0 fully saturated rings. The van der Waals surface area contributed by atoms with Gasteiger partial charge in [0, 0.05) is 40.7 Å². The second-order valence-corrected chi connectivity index (χ2v) is 8.83. The molecule has 0 unspecified atom stereocenters. The standard InChI is InChI=1S/C25H27N5OS/c1-16(2)30(4)25-22(26-3)24(27-14-13-17-9-11-18(31)12-10-17)28-23(29-25)20-15-32-21-8-6-5-7-19(20)21/h5-12,15-16,31H,3,13-14H2,1-2,4H3,(H,27,28,29). The first kappa shape index (κ1) is 21.8. The number of aromatic nitrogens is 2. The predicted molar refractivity (Wildman–Crippen MR) is 136 cm³/mol. The molecule has 6 nitrogen and oxygen atoms in total. The van der Waals surface area contributed by atoms with Crippen LogP contribution in [-0.2, 0) is 6.42 Å². The zero-order chi connectivity index (χ0) is 22.7. The van der Waals surface area contributed by atoms with Gasteiger partial charge in [-0.1, -0.05) is 30.3 Å². The number of nitrogens with one attached hydrogen (secondary N) is 1. The zero-order valence-corrected chi connectivity index (χ0v) is 19.4. The number of thiophene rings is 1. The lowest BCUT2D eigenvalue weighted by atomic mass is 10.1. The molecule has 0 bridgehead atoms. The summed E-state index contributed by atoms with van der Waals surface area (Å²) in [6, 6.07) is 15.8. The molecule has 7 heteroatoms. The van der Waals surface area contributed by atoms with Crippen LogP contribution in [0.5, 0.6) is 5.75 Å². The Balaban J connectivity index is 1.73. The van der Waals surface area contributed by atoms with E-state index in [0.29, 0.717) is 23.9 Å². The van der Waals surface area contributed by atoms with Gasteiger partial charge in [0.1, 0.15) is 11.4 Å². The number of phenolic OH excluding ortho intramolecular Hbond substituents is 1. The maximum Gasteiger partial charge on any atom is 0.165 e. The molecule has 0 aliphatic heterocycles. The van der Waals surface area contributed by atoms with Crippen LogP contribution in [0.1, 0.15) is 19.4 Å². The summed E-state index contributed by atoms with van der Waals surface area (Å²) in [5, 5.41) is 16.2. The molecule has 0 saturated carbocycles. The van der Waals surface area contributed by atoms with E-state index in [4.69, 9.17) is 9.97 Å². The summed E-state index contributed by atoms with van der Waals surface area (Å²) in [4.78, 5) is 16.2. The van der Waals surface area contributed by atoms with Gasteiger partial charge in [-0.05, 0) is 50.7 Å². The second-order valence-electron chi connectivity index (χ2n) is 7.92. The largest absolute Gasteiger partial charge is 0.508 e. The van der Waals surface area contributed by atoms with Crippen LogP contribution in [0.25, 0.3) is 21.5 Å². The van der Waals surface area contributed by atoms with Crippen LogP contribution >= 0.6 is 11.3 Å². The van der Waals surface area contributed by atoms with Crippen molar-refractivity contribution in [2.45, 2.75) is 26.3 Å². The lowest BCUT2D eigenvalue weighted by Crippen LogP contribution is -2.27. The molecule has 0 radical (unpaired) electrons. The molecule has 2 aromatic carbocycles. The minimum atomic E-state index is 0.238. The molecular weight excluding hydrogens is 418 g/mol. The Morgan fingerprint density at radius 1 is 1.12 bits per heavy atom. The van der Waals surface area contributed by atoms with Crippen molar-refractivity contribution >= 4 is 45.5 Å². The Hall–Kier alpha value is -3.45. The average molecular weight is 446 g/mol. The highest BCUT2D eigenvalue weighted by Crippen LogP contribution is 2.38. The van der Waals surface area contributed by atoms with Crippen molar-refractivity contribution in [3.8, 4) is 17.1 Å². The van der Waals surface area contributed by atoms with Gasteiger partial charge in [-0.3, -0.25) is 4.99 Å². The van der Waals surface area contributed by atoms with Crippen molar-refractivity contribution in [1.29, 1.82) is 0 Å². The van der Waals surface area contributed by atoms with Crippen LogP contribution in [0.3, 0.4) is 0 Å². The molecule has 0 atom stereocenters. The smallest absolute Gasteiger partial charge is 0.165 e. The first-order chi connectivity index (χ1) is 15.5. The van der Waals surface area contributed by atoms with Gasteiger partial charge in [-0.25, -0.2) is 9.97 Å². The van der Waals surface area contributed by atoms with E-state index in [0.717, 1.165) is 28.8 Å². The molecule has 0 aliphatic carbocycles. The minimum Gasteiger partial charge on any atom is -0.508 e. The molecule has 0 saturated heterocycles. The van der Waals surface area contributed by atoms with Crippen LogP contribution in [0, 0.1) is 0 Å². The van der Waals surface area contributed by atoms with E-state index in [-0.39, 0.29) is 11.8 Å². The molecule has 2 aromatic heterocycles. The van der Waals surface area contributed by atoms with Crippen LogP contribution in [0.4, 0.5) is 17.3 Å². The fraction of sp³-hybridized carbons (Fsp3) is 0.240. The van der Waals surface area contributed by atoms with Crippen molar-refractivity contribution in [3.63, 3.8) is 0 Å². The number of rotatable bonds is 8. The highest BCUT2D eigenvalue weighted by atomic mass is 32.1. The van der Waals surface area contributed by atoms with E-state index in [1.165, 1.54) is 4.70 Å². The monoisotopic (exact) mass is 445 g/mol. The Morgan fingerprint density at radius 2 is 1.88 bits per heavy atom. The summed E-state index contributed by atoms with van der Waals surface area (Å²) in [6.45, 7) is 8.69. The quantitative estimate of drug-likeness (QED) is 0.331. The van der Waals surface area contributed by atoms with Gasteiger partial charge in [0.2, 0.25) is 0 Å².